The van der Waals surface area contributed by atoms with Gasteiger partial charge in [0.1, 0.15) is 12.4 Å². The van der Waals surface area contributed by atoms with Crippen molar-refractivity contribution in [3.8, 4) is 5.75 Å². The molecule has 0 saturated heterocycles. The number of ether oxygens (including phenoxy) is 2. The van der Waals surface area contributed by atoms with E-state index in [1.807, 2.05) is 56.3 Å². The molecule has 0 bridgehead atoms. The lowest BCUT2D eigenvalue weighted by molar-refractivity contribution is -0.150. The topological polar surface area (TPSA) is 47.6 Å². The predicted octanol–water partition coefficient (Wildman–Crippen LogP) is 3.53. The highest BCUT2D eigenvalue weighted by molar-refractivity contribution is 5.88. The predicted molar refractivity (Wildman–Crippen MR) is 90.5 cm³/mol. The Morgan fingerprint density at radius 2 is 1.82 bits per heavy atom. The first-order chi connectivity index (χ1) is 10.1. The molecule has 1 N–H and O–H groups in total. The molecule has 0 spiro atoms. The van der Waals surface area contributed by atoms with Crippen molar-refractivity contribution in [3.05, 3.63) is 42.5 Å². The zero-order valence-electron chi connectivity index (χ0n) is 13.0. The second kappa shape index (κ2) is 8.61. The van der Waals surface area contributed by atoms with Gasteiger partial charge in [0, 0.05) is 18.4 Å². The van der Waals surface area contributed by atoms with Crippen LogP contribution < -0.4 is 10.1 Å². The zero-order chi connectivity index (χ0) is 15.2. The second-order valence-corrected chi connectivity index (χ2v) is 5.21. The average molecular weight is 324 g/mol. The monoisotopic (exact) mass is 323 g/mol. The van der Waals surface area contributed by atoms with Crippen LogP contribution in [0.4, 0.5) is 0 Å². The van der Waals surface area contributed by atoms with Crippen LogP contribution in [0, 0.1) is 0 Å². The van der Waals surface area contributed by atoms with Crippen LogP contribution in [0.1, 0.15) is 20.8 Å². The van der Waals surface area contributed by atoms with Gasteiger partial charge in [-0.2, -0.15) is 0 Å². The fourth-order valence-corrected chi connectivity index (χ4v) is 2.18. The van der Waals surface area contributed by atoms with Gasteiger partial charge in [-0.3, -0.25) is 10.1 Å². The summed E-state index contributed by atoms with van der Waals surface area (Å²) in [5, 5.41) is 5.33. The second-order valence-electron chi connectivity index (χ2n) is 5.21. The summed E-state index contributed by atoms with van der Waals surface area (Å²) in [7, 11) is 0. The first kappa shape index (κ1) is 18.3. The third-order valence-corrected chi connectivity index (χ3v) is 2.97. The highest BCUT2D eigenvalue weighted by Crippen LogP contribution is 2.25. The third-order valence-electron chi connectivity index (χ3n) is 2.97. The van der Waals surface area contributed by atoms with E-state index in [1.54, 1.807) is 0 Å². The van der Waals surface area contributed by atoms with E-state index < -0.39 is 6.23 Å². The smallest absolute Gasteiger partial charge is 0.304 e. The third kappa shape index (κ3) is 5.20. The summed E-state index contributed by atoms with van der Waals surface area (Å²) in [4.78, 5) is 11.1. The molecule has 0 heterocycles. The molecule has 2 aromatic carbocycles. The quantitative estimate of drug-likeness (QED) is 0.652. The minimum atomic E-state index is -0.457. The number of benzene rings is 2. The molecule has 0 radical (unpaired) electrons. The summed E-state index contributed by atoms with van der Waals surface area (Å²) in [5.74, 6) is 0.463. The highest BCUT2D eigenvalue weighted by atomic mass is 35.5. The number of esters is 1. The van der Waals surface area contributed by atoms with Crippen LogP contribution in [0.25, 0.3) is 10.8 Å². The van der Waals surface area contributed by atoms with Gasteiger partial charge in [0.15, 0.2) is 6.23 Å². The van der Waals surface area contributed by atoms with E-state index in [4.69, 9.17) is 9.47 Å². The van der Waals surface area contributed by atoms with Crippen LogP contribution in [0.3, 0.4) is 0 Å². The Morgan fingerprint density at radius 3 is 2.50 bits per heavy atom. The molecular weight excluding hydrogens is 302 g/mol. The molecule has 0 saturated carbocycles. The number of hydrogen-bond donors (Lipinski definition) is 1. The number of carbonyl (C=O) groups is 1. The Bertz CT molecular complexity index is 610. The van der Waals surface area contributed by atoms with Gasteiger partial charge in [0.05, 0.1) is 0 Å². The molecule has 120 valence electrons. The van der Waals surface area contributed by atoms with Crippen molar-refractivity contribution in [2.45, 2.75) is 33.0 Å². The van der Waals surface area contributed by atoms with E-state index in [9.17, 15) is 4.79 Å². The summed E-state index contributed by atoms with van der Waals surface area (Å²) in [5.41, 5.74) is 0. The maximum atomic E-state index is 11.1. The van der Waals surface area contributed by atoms with Crippen LogP contribution in [0.5, 0.6) is 5.75 Å². The normalized spacial score (nSPS) is 11.8. The minimum Gasteiger partial charge on any atom is -0.488 e. The van der Waals surface area contributed by atoms with E-state index in [0.29, 0.717) is 0 Å². The van der Waals surface area contributed by atoms with Crippen molar-refractivity contribution in [3.63, 3.8) is 0 Å². The lowest BCUT2D eigenvalue weighted by atomic mass is 10.1. The van der Waals surface area contributed by atoms with Gasteiger partial charge in [-0.05, 0) is 25.3 Å². The first-order valence-electron chi connectivity index (χ1n) is 7.10. The molecule has 1 unspecified atom stereocenters. The van der Waals surface area contributed by atoms with Gasteiger partial charge in [-0.15, -0.1) is 12.4 Å². The van der Waals surface area contributed by atoms with Gasteiger partial charge >= 0.3 is 5.97 Å². The molecule has 22 heavy (non-hydrogen) atoms. The summed E-state index contributed by atoms with van der Waals surface area (Å²) in [6.45, 7) is 5.65. The number of fused-ring (bicyclic) bond motifs is 1. The van der Waals surface area contributed by atoms with Gasteiger partial charge in [-0.1, -0.05) is 36.4 Å². The fourth-order valence-electron chi connectivity index (χ4n) is 2.18. The molecule has 5 heteroatoms. The van der Waals surface area contributed by atoms with E-state index in [0.717, 1.165) is 16.5 Å². The number of hydrogen-bond acceptors (Lipinski definition) is 4. The van der Waals surface area contributed by atoms with Gasteiger partial charge < -0.3 is 9.47 Å². The molecule has 1 atom stereocenters. The summed E-state index contributed by atoms with van der Waals surface area (Å²) in [6.07, 6.45) is -0.457. The van der Waals surface area contributed by atoms with E-state index >= 15 is 0 Å². The fraction of sp³-hybridized carbons (Fsp3) is 0.353. The van der Waals surface area contributed by atoms with Crippen molar-refractivity contribution < 1.29 is 14.3 Å². The van der Waals surface area contributed by atoms with Crippen LogP contribution in [-0.2, 0) is 9.53 Å². The van der Waals surface area contributed by atoms with Crippen molar-refractivity contribution in [2.24, 2.45) is 0 Å². The van der Waals surface area contributed by atoms with Crippen molar-refractivity contribution in [1.82, 2.24) is 5.32 Å². The Balaban J connectivity index is 0.00000242. The van der Waals surface area contributed by atoms with Crippen molar-refractivity contribution in [2.75, 3.05) is 6.61 Å². The van der Waals surface area contributed by atoms with Gasteiger partial charge in [-0.25, -0.2) is 0 Å². The standard InChI is InChI=1S/C17H21NO3.ClH/c1-12(2)18-17(21-13(3)19)11-20-16-10-6-8-14-7-4-5-9-15(14)16;/h4-10,12,17-18H,11H2,1-3H3;1H. The van der Waals surface area contributed by atoms with Crippen LogP contribution in [-0.4, -0.2) is 24.8 Å². The molecule has 0 aliphatic carbocycles. The molecular formula is C17H22ClNO3. The molecule has 0 amide bonds. The molecule has 0 aromatic heterocycles. The number of rotatable bonds is 6. The number of nitrogens with one attached hydrogen (secondary N) is 1. The van der Waals surface area contributed by atoms with Gasteiger partial charge in [0.25, 0.3) is 0 Å². The molecule has 2 aromatic rings. The molecule has 0 aliphatic rings. The molecule has 2 rings (SSSR count). The summed E-state index contributed by atoms with van der Waals surface area (Å²) >= 11 is 0. The first-order valence-corrected chi connectivity index (χ1v) is 7.10. The lowest BCUT2D eigenvalue weighted by Gasteiger charge is -2.21. The van der Waals surface area contributed by atoms with Gasteiger partial charge in [0.2, 0.25) is 0 Å². The SMILES string of the molecule is CC(=O)OC(COc1cccc2ccccc12)NC(C)C.Cl. The largest absolute Gasteiger partial charge is 0.488 e. The number of halogens is 1. The summed E-state index contributed by atoms with van der Waals surface area (Å²) < 4.78 is 11.1. The van der Waals surface area contributed by atoms with E-state index in [1.165, 1.54) is 6.92 Å². The van der Waals surface area contributed by atoms with E-state index in [-0.39, 0.29) is 31.0 Å². The number of carbonyl (C=O) groups excluding carboxylic acids is 1. The van der Waals surface area contributed by atoms with Crippen LogP contribution in [0.2, 0.25) is 0 Å². The Morgan fingerprint density at radius 1 is 1.14 bits per heavy atom. The maximum Gasteiger partial charge on any atom is 0.304 e. The molecule has 4 nitrogen and oxygen atoms in total. The Labute approximate surface area is 137 Å². The average Bonchev–Trinajstić information content (AvgIpc) is 2.43. The van der Waals surface area contributed by atoms with Crippen molar-refractivity contribution >= 4 is 29.1 Å². The van der Waals surface area contributed by atoms with Crippen LogP contribution >= 0.6 is 12.4 Å². The summed E-state index contributed by atoms with van der Waals surface area (Å²) in [6, 6.07) is 14.1. The lowest BCUT2D eigenvalue weighted by Crippen LogP contribution is -2.42. The Hall–Kier alpha value is -1.78. The zero-order valence-corrected chi connectivity index (χ0v) is 13.9. The van der Waals surface area contributed by atoms with E-state index in [2.05, 4.69) is 5.32 Å². The highest BCUT2D eigenvalue weighted by Gasteiger charge is 2.14. The Kier molecular flexibility index (Phi) is 7.15. The maximum absolute atomic E-state index is 11.1. The molecule has 0 aliphatic heterocycles. The minimum absolute atomic E-state index is 0. The van der Waals surface area contributed by atoms with Crippen LogP contribution in [0.15, 0.2) is 42.5 Å². The molecule has 0 fully saturated rings. The van der Waals surface area contributed by atoms with Crippen molar-refractivity contribution in [1.29, 1.82) is 0 Å².